The van der Waals surface area contributed by atoms with Gasteiger partial charge >= 0.3 is 0 Å². The summed E-state index contributed by atoms with van der Waals surface area (Å²) in [5, 5.41) is 0. The molecule has 2 rings (SSSR count). The fraction of sp³-hybridized carbons (Fsp3) is 0.625. The Hall–Kier alpha value is -0.740. The maximum atomic E-state index is 13.3. The Balaban J connectivity index is 2.04. The van der Waals surface area contributed by atoms with E-state index in [2.05, 4.69) is 25.5 Å². The third-order valence-electron chi connectivity index (χ3n) is 3.49. The van der Waals surface area contributed by atoms with E-state index >= 15 is 0 Å². The van der Waals surface area contributed by atoms with E-state index in [1.165, 1.54) is 25.3 Å². The minimum absolute atomic E-state index is 0.156. The zero-order chi connectivity index (χ0) is 14.8. The lowest BCUT2D eigenvalue weighted by Crippen LogP contribution is -2.22. The fourth-order valence-corrected chi connectivity index (χ4v) is 2.88. The largest absolute Gasteiger partial charge is 0.396 e. The van der Waals surface area contributed by atoms with Gasteiger partial charge in [0.15, 0.2) is 0 Å². The zero-order valence-electron chi connectivity index (χ0n) is 12.6. The minimum atomic E-state index is -0.335. The summed E-state index contributed by atoms with van der Waals surface area (Å²) in [6, 6.07) is 5.32. The van der Waals surface area contributed by atoms with Crippen LogP contribution in [0, 0.1) is 11.7 Å². The molecule has 0 aliphatic heterocycles. The normalized spacial score (nSPS) is 17.2. The van der Waals surface area contributed by atoms with Crippen LogP contribution in [-0.4, -0.2) is 4.75 Å². The Bertz CT molecular complexity index is 452. The van der Waals surface area contributed by atoms with Crippen molar-refractivity contribution >= 4 is 17.6 Å². The maximum absolute atomic E-state index is 13.3. The number of anilines is 1. The summed E-state index contributed by atoms with van der Waals surface area (Å²) in [7, 11) is 0. The number of nitrogens with one attached hydrogen (secondary N) is 1. The van der Waals surface area contributed by atoms with Crippen molar-refractivity contribution in [1.29, 1.82) is 0 Å². The van der Waals surface area contributed by atoms with Gasteiger partial charge in [-0.05, 0) is 57.2 Å². The molecule has 1 aromatic carbocycles. The van der Waals surface area contributed by atoms with Crippen LogP contribution in [0.2, 0.25) is 0 Å². The second-order valence-corrected chi connectivity index (χ2v) is 8.35. The predicted molar refractivity (Wildman–Crippen MR) is 86.0 cm³/mol. The summed E-state index contributed by atoms with van der Waals surface area (Å²) in [6.45, 7) is 6.55. The molecule has 0 radical (unpaired) electrons. The first-order valence-corrected chi connectivity index (χ1v) is 8.15. The first-order valence-electron chi connectivity index (χ1n) is 7.33. The van der Waals surface area contributed by atoms with Crippen molar-refractivity contribution < 1.29 is 4.39 Å². The average Bonchev–Trinajstić information content (AvgIpc) is 3.16. The smallest absolute Gasteiger partial charge is 0.146 e. The van der Waals surface area contributed by atoms with Crippen LogP contribution in [0.15, 0.2) is 18.2 Å². The van der Waals surface area contributed by atoms with Gasteiger partial charge < -0.3 is 5.73 Å². The summed E-state index contributed by atoms with van der Waals surface area (Å²) in [4.78, 5) is 0. The van der Waals surface area contributed by atoms with Crippen molar-refractivity contribution in [2.75, 3.05) is 5.73 Å². The molecule has 3 N–H and O–H groups in total. The van der Waals surface area contributed by atoms with Crippen molar-refractivity contribution in [3.63, 3.8) is 0 Å². The summed E-state index contributed by atoms with van der Waals surface area (Å²) < 4.78 is 17.0. The van der Waals surface area contributed by atoms with Gasteiger partial charge in [-0.2, -0.15) is 0 Å². The lowest BCUT2D eigenvalue weighted by Gasteiger charge is -2.25. The predicted octanol–water partition coefficient (Wildman–Crippen LogP) is 4.68. The highest BCUT2D eigenvalue weighted by Gasteiger charge is 2.24. The number of nitrogen functional groups attached to an aromatic ring is 1. The van der Waals surface area contributed by atoms with Gasteiger partial charge in [0.2, 0.25) is 0 Å². The van der Waals surface area contributed by atoms with Crippen LogP contribution in [-0.2, 0) is 0 Å². The van der Waals surface area contributed by atoms with Crippen LogP contribution < -0.4 is 10.5 Å². The molecule has 1 fully saturated rings. The highest BCUT2D eigenvalue weighted by molar-refractivity contribution is 7.98. The highest BCUT2D eigenvalue weighted by atomic mass is 32.2. The molecule has 20 heavy (non-hydrogen) atoms. The molecule has 1 saturated carbocycles. The van der Waals surface area contributed by atoms with Crippen molar-refractivity contribution in [3.8, 4) is 0 Å². The molecule has 0 aromatic heterocycles. The molecule has 0 spiro atoms. The Kier molecular flexibility index (Phi) is 4.97. The molecule has 1 unspecified atom stereocenters. The van der Waals surface area contributed by atoms with E-state index in [1.807, 2.05) is 6.07 Å². The highest BCUT2D eigenvalue weighted by Crippen LogP contribution is 2.37. The second-order valence-electron chi connectivity index (χ2n) is 6.69. The van der Waals surface area contributed by atoms with Crippen molar-refractivity contribution in [2.24, 2.45) is 5.92 Å². The van der Waals surface area contributed by atoms with Crippen LogP contribution in [0.1, 0.15) is 58.1 Å². The quantitative estimate of drug-likeness (QED) is 0.591. The van der Waals surface area contributed by atoms with Gasteiger partial charge in [0.1, 0.15) is 5.82 Å². The van der Waals surface area contributed by atoms with Gasteiger partial charge in [0.05, 0.1) is 5.69 Å². The Labute approximate surface area is 125 Å². The van der Waals surface area contributed by atoms with Crippen LogP contribution in [0.25, 0.3) is 0 Å². The third-order valence-corrected chi connectivity index (χ3v) is 4.51. The van der Waals surface area contributed by atoms with Gasteiger partial charge in [-0.1, -0.05) is 30.9 Å². The summed E-state index contributed by atoms with van der Waals surface area (Å²) in [6.07, 6.45) is 5.05. The van der Waals surface area contributed by atoms with Crippen LogP contribution >= 0.6 is 11.9 Å². The number of benzene rings is 1. The minimum Gasteiger partial charge on any atom is -0.396 e. The molecule has 0 saturated heterocycles. The molecular weight excluding hydrogens is 271 g/mol. The van der Waals surface area contributed by atoms with Crippen LogP contribution in [0.3, 0.4) is 0 Å². The molecule has 1 atom stereocenters. The Morgan fingerprint density at radius 3 is 2.65 bits per heavy atom. The van der Waals surface area contributed by atoms with Crippen LogP contribution in [0.5, 0.6) is 0 Å². The summed E-state index contributed by atoms with van der Waals surface area (Å²) in [5.41, 5.74) is 7.02. The molecule has 1 aromatic rings. The molecule has 112 valence electrons. The molecule has 2 nitrogen and oxygen atoms in total. The number of hydrogen-bond donors (Lipinski definition) is 2. The lowest BCUT2D eigenvalue weighted by atomic mass is 10.0. The van der Waals surface area contributed by atoms with Gasteiger partial charge in [-0.25, -0.2) is 4.39 Å². The first kappa shape index (κ1) is 15.6. The molecule has 1 aliphatic carbocycles. The number of halogens is 1. The zero-order valence-corrected chi connectivity index (χ0v) is 13.4. The van der Waals surface area contributed by atoms with Crippen molar-refractivity contribution in [1.82, 2.24) is 4.72 Å². The third kappa shape index (κ3) is 4.98. The van der Waals surface area contributed by atoms with E-state index in [9.17, 15) is 4.39 Å². The fourth-order valence-electron chi connectivity index (χ4n) is 2.13. The van der Waals surface area contributed by atoms with E-state index in [-0.39, 0.29) is 22.3 Å². The number of hydrogen-bond acceptors (Lipinski definition) is 3. The maximum Gasteiger partial charge on any atom is 0.146 e. The van der Waals surface area contributed by atoms with E-state index in [0.29, 0.717) is 0 Å². The number of nitrogens with two attached hydrogens (primary N) is 1. The molecule has 4 heteroatoms. The van der Waals surface area contributed by atoms with E-state index < -0.39 is 0 Å². The SMILES string of the molecule is CC(C)(C)SNC(CCC1CC1)c1ccc(F)c(N)c1. The lowest BCUT2D eigenvalue weighted by molar-refractivity contribution is 0.546. The van der Waals surface area contributed by atoms with E-state index in [0.717, 1.165) is 17.9 Å². The Morgan fingerprint density at radius 1 is 1.40 bits per heavy atom. The second kappa shape index (κ2) is 6.35. The average molecular weight is 296 g/mol. The molecular formula is C16H25FN2S. The van der Waals surface area contributed by atoms with Gasteiger partial charge in [0, 0.05) is 10.8 Å². The van der Waals surface area contributed by atoms with E-state index in [4.69, 9.17) is 5.73 Å². The first-order chi connectivity index (χ1) is 9.35. The van der Waals surface area contributed by atoms with Crippen molar-refractivity contribution in [3.05, 3.63) is 29.6 Å². The topological polar surface area (TPSA) is 38.0 Å². The van der Waals surface area contributed by atoms with Crippen LogP contribution in [0.4, 0.5) is 10.1 Å². The molecule has 0 heterocycles. The van der Waals surface area contributed by atoms with Crippen molar-refractivity contribution in [2.45, 2.75) is 57.2 Å². The number of rotatable bonds is 6. The molecule has 1 aliphatic rings. The van der Waals surface area contributed by atoms with Gasteiger partial charge in [-0.3, -0.25) is 4.72 Å². The van der Waals surface area contributed by atoms with Gasteiger partial charge in [0.25, 0.3) is 0 Å². The summed E-state index contributed by atoms with van der Waals surface area (Å²) >= 11 is 1.73. The Morgan fingerprint density at radius 2 is 2.10 bits per heavy atom. The molecule has 0 amide bonds. The van der Waals surface area contributed by atoms with E-state index in [1.54, 1.807) is 18.0 Å². The monoisotopic (exact) mass is 296 g/mol. The summed E-state index contributed by atoms with van der Waals surface area (Å²) in [5.74, 6) is 0.565. The van der Waals surface area contributed by atoms with Gasteiger partial charge in [-0.15, -0.1) is 0 Å². The standard InChI is InChI=1S/C16H25FN2S/c1-16(2,3)20-19-15(9-6-11-4-5-11)12-7-8-13(17)14(18)10-12/h7-8,10-11,15,19H,4-6,9,18H2,1-3H3. The molecule has 0 bridgehead atoms.